The number of rotatable bonds is 4. The molecule has 0 amide bonds. The maximum Gasteiger partial charge on any atom is 0.339 e. The fourth-order valence-corrected chi connectivity index (χ4v) is 4.77. The third-order valence-electron chi connectivity index (χ3n) is 4.23. The Bertz CT molecular complexity index is 948. The first-order valence-corrected chi connectivity index (χ1v) is 9.55. The molecule has 1 aliphatic rings. The summed E-state index contributed by atoms with van der Waals surface area (Å²) in [6, 6.07) is 8.22. The van der Waals surface area contributed by atoms with Crippen LogP contribution in [0.15, 0.2) is 44.4 Å². The molecule has 2 heterocycles. The van der Waals surface area contributed by atoms with Crippen molar-refractivity contribution in [1.82, 2.24) is 4.31 Å². The van der Waals surface area contributed by atoms with E-state index in [4.69, 9.17) is 9.15 Å². The fraction of sp³-hybridized carbons (Fsp3) is 0.389. The van der Waals surface area contributed by atoms with E-state index in [9.17, 15) is 13.2 Å². The zero-order valence-corrected chi connectivity index (χ0v) is 15.3. The zero-order valence-electron chi connectivity index (χ0n) is 14.5. The molecule has 0 spiro atoms. The lowest BCUT2D eigenvalue weighted by Gasteiger charge is -2.18. The van der Waals surface area contributed by atoms with Gasteiger partial charge in [0.05, 0.1) is 17.5 Å². The number of nitrogens with zero attached hydrogens (tertiary/aromatic N) is 1. The van der Waals surface area contributed by atoms with Gasteiger partial charge in [-0.2, -0.15) is 4.31 Å². The number of hydrogen-bond donors (Lipinski definition) is 0. The molecule has 1 saturated heterocycles. The summed E-state index contributed by atoms with van der Waals surface area (Å²) in [6.45, 7) is 6.05. The largest absolute Gasteiger partial charge is 0.489 e. The normalized spacial score (nSPS) is 18.4. The lowest BCUT2D eigenvalue weighted by Crippen LogP contribution is -2.31. The van der Waals surface area contributed by atoms with E-state index in [0.29, 0.717) is 29.4 Å². The molecule has 6 nitrogen and oxygen atoms in total. The number of ether oxygens (including phenoxy) is 1. The van der Waals surface area contributed by atoms with E-state index in [1.807, 2.05) is 13.0 Å². The van der Waals surface area contributed by atoms with Gasteiger partial charge in [0.25, 0.3) is 0 Å². The fourth-order valence-electron chi connectivity index (χ4n) is 3.08. The standard InChI is InChI=1S/C18H21NO5S/c1-12-4-5-17(13(2)8-12)25(21,22)19-7-6-15(11-19)24-16-9-14(3)23-18(20)10-16/h4-5,8-10,15H,6-7,11H2,1-3H3. The molecule has 1 atom stereocenters. The van der Waals surface area contributed by atoms with Crippen molar-refractivity contribution in [2.45, 2.75) is 38.2 Å². The molecular weight excluding hydrogens is 342 g/mol. The lowest BCUT2D eigenvalue weighted by molar-refractivity contribution is 0.213. The minimum Gasteiger partial charge on any atom is -0.489 e. The molecule has 1 aromatic carbocycles. The third-order valence-corrected chi connectivity index (χ3v) is 6.25. The van der Waals surface area contributed by atoms with Crippen molar-refractivity contribution in [3.63, 3.8) is 0 Å². The van der Waals surface area contributed by atoms with E-state index >= 15 is 0 Å². The van der Waals surface area contributed by atoms with E-state index in [0.717, 1.165) is 11.1 Å². The lowest BCUT2D eigenvalue weighted by atomic mass is 10.2. The van der Waals surface area contributed by atoms with E-state index in [2.05, 4.69) is 0 Å². The molecule has 1 aliphatic heterocycles. The van der Waals surface area contributed by atoms with Crippen molar-refractivity contribution in [3.05, 3.63) is 57.6 Å². The Balaban J connectivity index is 1.76. The summed E-state index contributed by atoms with van der Waals surface area (Å²) in [5.41, 5.74) is 1.28. The van der Waals surface area contributed by atoms with Gasteiger partial charge in [0, 0.05) is 12.6 Å². The average Bonchev–Trinajstić information content (AvgIpc) is 2.95. The third kappa shape index (κ3) is 3.77. The van der Waals surface area contributed by atoms with Gasteiger partial charge in [0.15, 0.2) is 0 Å². The Kier molecular flexibility index (Phi) is 4.71. The second-order valence-corrected chi connectivity index (χ2v) is 8.29. The second-order valence-electron chi connectivity index (χ2n) is 6.38. The quantitative estimate of drug-likeness (QED) is 0.834. The van der Waals surface area contributed by atoms with E-state index in [-0.39, 0.29) is 12.6 Å². The Morgan fingerprint density at radius 1 is 1.16 bits per heavy atom. The van der Waals surface area contributed by atoms with Gasteiger partial charge in [-0.1, -0.05) is 17.7 Å². The highest BCUT2D eigenvalue weighted by atomic mass is 32.2. The Morgan fingerprint density at radius 2 is 1.92 bits per heavy atom. The minimum atomic E-state index is -3.55. The zero-order chi connectivity index (χ0) is 18.2. The average molecular weight is 363 g/mol. The van der Waals surface area contributed by atoms with Gasteiger partial charge in [-0.15, -0.1) is 0 Å². The SMILES string of the molecule is Cc1ccc(S(=O)(=O)N2CCC(Oc3cc(C)oc(=O)c3)C2)c(C)c1. The van der Waals surface area contributed by atoms with Crippen LogP contribution in [0.1, 0.15) is 23.3 Å². The van der Waals surface area contributed by atoms with Crippen molar-refractivity contribution >= 4 is 10.0 Å². The molecule has 1 unspecified atom stereocenters. The highest BCUT2D eigenvalue weighted by Crippen LogP contribution is 2.26. The van der Waals surface area contributed by atoms with Crippen LogP contribution >= 0.6 is 0 Å². The smallest absolute Gasteiger partial charge is 0.339 e. The highest BCUT2D eigenvalue weighted by Gasteiger charge is 2.34. The number of hydrogen-bond acceptors (Lipinski definition) is 5. The molecule has 0 saturated carbocycles. The van der Waals surface area contributed by atoms with Gasteiger partial charge in [-0.3, -0.25) is 0 Å². The van der Waals surface area contributed by atoms with E-state index in [1.54, 1.807) is 32.0 Å². The molecule has 0 N–H and O–H groups in total. The van der Waals surface area contributed by atoms with E-state index < -0.39 is 15.6 Å². The summed E-state index contributed by atoms with van der Waals surface area (Å²) in [7, 11) is -3.55. The topological polar surface area (TPSA) is 76.8 Å². The van der Waals surface area contributed by atoms with Gasteiger partial charge < -0.3 is 9.15 Å². The number of sulfonamides is 1. The van der Waals surface area contributed by atoms with E-state index in [1.165, 1.54) is 10.4 Å². The van der Waals surface area contributed by atoms with Crippen LogP contribution in [0.25, 0.3) is 0 Å². The molecule has 3 rings (SSSR count). The van der Waals surface area contributed by atoms with Crippen LogP contribution in [0, 0.1) is 20.8 Å². The molecule has 7 heteroatoms. The van der Waals surface area contributed by atoms with Gasteiger partial charge in [0.2, 0.25) is 10.0 Å². The van der Waals surface area contributed by atoms with Crippen LogP contribution in [0.5, 0.6) is 5.75 Å². The molecule has 1 aromatic heterocycles. The first kappa shape index (κ1) is 17.7. The van der Waals surface area contributed by atoms with Gasteiger partial charge in [-0.05, 0) is 38.8 Å². The van der Waals surface area contributed by atoms with Crippen molar-refractivity contribution in [1.29, 1.82) is 0 Å². The molecule has 25 heavy (non-hydrogen) atoms. The van der Waals surface area contributed by atoms with Crippen LogP contribution in [0.2, 0.25) is 0 Å². The van der Waals surface area contributed by atoms with Gasteiger partial charge >= 0.3 is 5.63 Å². The van der Waals surface area contributed by atoms with Gasteiger partial charge in [-0.25, -0.2) is 13.2 Å². The maximum absolute atomic E-state index is 12.9. The summed E-state index contributed by atoms with van der Waals surface area (Å²) in [5, 5.41) is 0. The predicted octanol–water partition coefficient (Wildman–Crippen LogP) is 2.41. The first-order valence-electron chi connectivity index (χ1n) is 8.11. The van der Waals surface area contributed by atoms with Crippen molar-refractivity contribution in [2.75, 3.05) is 13.1 Å². The molecule has 0 bridgehead atoms. The predicted molar refractivity (Wildman–Crippen MR) is 93.4 cm³/mol. The van der Waals surface area contributed by atoms with Crippen LogP contribution in [-0.2, 0) is 10.0 Å². The number of benzene rings is 1. The molecule has 1 fully saturated rings. The summed E-state index contributed by atoms with van der Waals surface area (Å²) < 4.78 is 37.9. The summed E-state index contributed by atoms with van der Waals surface area (Å²) in [6.07, 6.45) is 0.283. The first-order chi connectivity index (χ1) is 11.8. The Hall–Kier alpha value is -2.12. The van der Waals surface area contributed by atoms with Crippen LogP contribution in [-0.4, -0.2) is 31.9 Å². The van der Waals surface area contributed by atoms with Gasteiger partial charge in [0.1, 0.15) is 17.6 Å². The highest BCUT2D eigenvalue weighted by molar-refractivity contribution is 7.89. The van der Waals surface area contributed by atoms with Crippen LogP contribution in [0.4, 0.5) is 0 Å². The Morgan fingerprint density at radius 3 is 2.60 bits per heavy atom. The summed E-state index contributed by atoms with van der Waals surface area (Å²) in [5.74, 6) is 0.866. The minimum absolute atomic E-state index is 0.259. The molecule has 0 aliphatic carbocycles. The summed E-state index contributed by atoms with van der Waals surface area (Å²) in [4.78, 5) is 11.7. The molecule has 0 radical (unpaired) electrons. The molecular formula is C18H21NO5S. The number of aryl methyl sites for hydroxylation is 3. The van der Waals surface area contributed by atoms with Crippen molar-refractivity contribution < 1.29 is 17.6 Å². The monoisotopic (exact) mass is 363 g/mol. The van der Waals surface area contributed by atoms with Crippen LogP contribution in [0.3, 0.4) is 0 Å². The van der Waals surface area contributed by atoms with Crippen molar-refractivity contribution in [2.24, 2.45) is 0 Å². The Labute approximate surface area is 147 Å². The summed E-state index contributed by atoms with van der Waals surface area (Å²) >= 11 is 0. The molecule has 2 aromatic rings. The van der Waals surface area contributed by atoms with Crippen molar-refractivity contribution in [3.8, 4) is 5.75 Å². The maximum atomic E-state index is 12.9. The van der Waals surface area contributed by atoms with Crippen LogP contribution < -0.4 is 10.4 Å². The molecule has 134 valence electrons. The second kappa shape index (κ2) is 6.65.